The Morgan fingerprint density at radius 3 is 2.22 bits per heavy atom. The van der Waals surface area contributed by atoms with Gasteiger partial charge in [-0.1, -0.05) is 64.5 Å². The first-order chi connectivity index (χ1) is 11.0. The number of nitrogens with one attached hydrogen (secondary N) is 1. The molecular formula is C18H16BrNO2S. The van der Waals surface area contributed by atoms with Gasteiger partial charge in [0.25, 0.3) is 0 Å². The second-order valence-corrected chi connectivity index (χ2v) is 8.11. The lowest BCUT2D eigenvalue weighted by atomic mass is 10.1. The molecule has 0 aliphatic carbocycles. The van der Waals surface area contributed by atoms with Crippen LogP contribution >= 0.6 is 15.9 Å². The molecule has 0 atom stereocenters. The van der Waals surface area contributed by atoms with Crippen LogP contribution in [0.25, 0.3) is 10.8 Å². The van der Waals surface area contributed by atoms with Crippen molar-refractivity contribution in [3.8, 4) is 0 Å². The molecule has 0 fully saturated rings. The average Bonchev–Trinajstić information content (AvgIpc) is 2.55. The lowest BCUT2D eigenvalue weighted by molar-refractivity contribution is 0.580. The molecule has 0 heterocycles. The van der Waals surface area contributed by atoms with Gasteiger partial charge in [0.2, 0.25) is 10.0 Å². The maximum absolute atomic E-state index is 12.2. The summed E-state index contributed by atoms with van der Waals surface area (Å²) in [6.07, 6.45) is 0. The van der Waals surface area contributed by atoms with Crippen LogP contribution in [-0.4, -0.2) is 8.42 Å². The first-order valence-corrected chi connectivity index (χ1v) is 9.66. The number of sulfonamides is 1. The fourth-order valence-corrected chi connectivity index (χ4v) is 3.78. The SMILES string of the molecule is O=S(=O)(Cc1ccc(Br)cc1)NCc1ccc2ccccc2c1. The number of halogens is 1. The van der Waals surface area contributed by atoms with Crippen molar-refractivity contribution in [2.75, 3.05) is 0 Å². The number of fused-ring (bicyclic) bond motifs is 1. The first kappa shape index (κ1) is 16.2. The molecule has 0 unspecified atom stereocenters. The highest BCUT2D eigenvalue weighted by atomic mass is 79.9. The Hall–Kier alpha value is -1.69. The topological polar surface area (TPSA) is 46.2 Å². The van der Waals surface area contributed by atoms with E-state index in [4.69, 9.17) is 0 Å². The van der Waals surface area contributed by atoms with Gasteiger partial charge in [0.05, 0.1) is 5.75 Å². The maximum atomic E-state index is 12.2. The molecule has 0 radical (unpaired) electrons. The lowest BCUT2D eigenvalue weighted by Crippen LogP contribution is -2.24. The largest absolute Gasteiger partial charge is 0.216 e. The molecule has 0 aliphatic heterocycles. The molecule has 0 bridgehead atoms. The van der Waals surface area contributed by atoms with Gasteiger partial charge >= 0.3 is 0 Å². The number of hydrogen-bond donors (Lipinski definition) is 1. The Labute approximate surface area is 144 Å². The number of rotatable bonds is 5. The van der Waals surface area contributed by atoms with Crippen LogP contribution in [0.4, 0.5) is 0 Å². The van der Waals surface area contributed by atoms with Crippen LogP contribution < -0.4 is 4.72 Å². The Balaban J connectivity index is 1.69. The van der Waals surface area contributed by atoms with Crippen molar-refractivity contribution in [3.63, 3.8) is 0 Å². The summed E-state index contributed by atoms with van der Waals surface area (Å²) in [5.74, 6) is -0.0200. The van der Waals surface area contributed by atoms with Gasteiger partial charge in [0.1, 0.15) is 0 Å². The zero-order chi connectivity index (χ0) is 16.3. The van der Waals surface area contributed by atoms with Crippen molar-refractivity contribution >= 4 is 36.7 Å². The molecule has 118 valence electrons. The molecule has 0 aliphatic rings. The van der Waals surface area contributed by atoms with Crippen LogP contribution in [0.15, 0.2) is 71.2 Å². The van der Waals surface area contributed by atoms with E-state index in [-0.39, 0.29) is 5.75 Å². The van der Waals surface area contributed by atoms with Gasteiger partial charge in [-0.2, -0.15) is 0 Å². The van der Waals surface area contributed by atoms with E-state index in [0.29, 0.717) is 6.54 Å². The normalized spacial score (nSPS) is 11.7. The van der Waals surface area contributed by atoms with Gasteiger partial charge in [-0.15, -0.1) is 0 Å². The molecule has 23 heavy (non-hydrogen) atoms. The van der Waals surface area contributed by atoms with Crippen molar-refractivity contribution in [2.45, 2.75) is 12.3 Å². The lowest BCUT2D eigenvalue weighted by Gasteiger charge is -2.08. The third kappa shape index (κ3) is 4.41. The van der Waals surface area contributed by atoms with Crippen molar-refractivity contribution in [2.24, 2.45) is 0 Å². The molecule has 0 saturated carbocycles. The van der Waals surface area contributed by atoms with Gasteiger partial charge in [-0.3, -0.25) is 0 Å². The zero-order valence-electron chi connectivity index (χ0n) is 12.4. The summed E-state index contributed by atoms with van der Waals surface area (Å²) in [7, 11) is -3.36. The van der Waals surface area contributed by atoms with E-state index in [1.807, 2.05) is 54.6 Å². The van der Waals surface area contributed by atoms with Crippen LogP contribution in [0, 0.1) is 0 Å². The van der Waals surface area contributed by atoms with Gasteiger partial charge < -0.3 is 0 Å². The molecule has 3 aromatic carbocycles. The van der Waals surface area contributed by atoms with E-state index < -0.39 is 10.0 Å². The summed E-state index contributed by atoms with van der Waals surface area (Å²) in [6, 6.07) is 21.3. The van der Waals surface area contributed by atoms with E-state index in [1.165, 1.54) is 0 Å². The van der Waals surface area contributed by atoms with Crippen LogP contribution in [0.2, 0.25) is 0 Å². The molecular weight excluding hydrogens is 374 g/mol. The third-order valence-electron chi connectivity index (χ3n) is 3.58. The Bertz CT molecular complexity index is 921. The quantitative estimate of drug-likeness (QED) is 0.709. The highest BCUT2D eigenvalue weighted by Gasteiger charge is 2.11. The molecule has 1 N–H and O–H groups in total. The molecule has 3 rings (SSSR count). The minimum atomic E-state index is -3.36. The Kier molecular flexibility index (Phi) is 4.80. The summed E-state index contributed by atoms with van der Waals surface area (Å²) in [5, 5.41) is 2.26. The average molecular weight is 390 g/mol. The Morgan fingerprint density at radius 1 is 0.826 bits per heavy atom. The second-order valence-electron chi connectivity index (χ2n) is 5.39. The molecule has 3 aromatic rings. The van der Waals surface area contributed by atoms with Gasteiger partial charge in [-0.25, -0.2) is 13.1 Å². The second kappa shape index (κ2) is 6.83. The van der Waals surface area contributed by atoms with Crippen molar-refractivity contribution in [1.29, 1.82) is 0 Å². The first-order valence-electron chi connectivity index (χ1n) is 7.21. The van der Waals surface area contributed by atoms with E-state index in [2.05, 4.69) is 20.7 Å². The summed E-state index contributed by atoms with van der Waals surface area (Å²) in [6.45, 7) is 0.295. The minimum Gasteiger partial charge on any atom is -0.212 e. The van der Waals surface area contributed by atoms with Crippen LogP contribution in [-0.2, 0) is 22.3 Å². The summed E-state index contributed by atoms with van der Waals surface area (Å²) >= 11 is 3.34. The minimum absolute atomic E-state index is 0.0200. The molecule has 0 aromatic heterocycles. The van der Waals surface area contributed by atoms with Crippen molar-refractivity contribution in [1.82, 2.24) is 4.72 Å². The summed E-state index contributed by atoms with van der Waals surface area (Å²) in [5.41, 5.74) is 1.71. The van der Waals surface area contributed by atoms with E-state index in [9.17, 15) is 8.42 Å². The number of benzene rings is 3. The van der Waals surface area contributed by atoms with Crippen LogP contribution in [0.5, 0.6) is 0 Å². The van der Waals surface area contributed by atoms with E-state index in [0.717, 1.165) is 26.4 Å². The van der Waals surface area contributed by atoms with Crippen LogP contribution in [0.1, 0.15) is 11.1 Å². The predicted octanol–water partition coefficient (Wildman–Crippen LogP) is 4.22. The zero-order valence-corrected chi connectivity index (χ0v) is 14.8. The summed E-state index contributed by atoms with van der Waals surface area (Å²) < 4.78 is 28.0. The summed E-state index contributed by atoms with van der Waals surface area (Å²) in [4.78, 5) is 0. The smallest absolute Gasteiger partial charge is 0.212 e. The van der Waals surface area contributed by atoms with Crippen molar-refractivity contribution < 1.29 is 8.42 Å². The highest BCUT2D eigenvalue weighted by Crippen LogP contribution is 2.16. The van der Waals surface area contributed by atoms with E-state index in [1.54, 1.807) is 12.1 Å². The standard InChI is InChI=1S/C18H16BrNO2S/c19-18-9-6-14(7-10-18)13-23(21,22)20-12-15-5-8-16-3-1-2-4-17(16)11-15/h1-11,20H,12-13H2. The Morgan fingerprint density at radius 2 is 1.48 bits per heavy atom. The van der Waals surface area contributed by atoms with E-state index >= 15 is 0 Å². The molecule has 0 spiro atoms. The van der Waals surface area contributed by atoms with Crippen molar-refractivity contribution in [3.05, 3.63) is 82.3 Å². The fraction of sp³-hybridized carbons (Fsp3) is 0.111. The van der Waals surface area contributed by atoms with Gasteiger partial charge in [-0.05, 0) is 40.1 Å². The fourth-order valence-electron chi connectivity index (χ4n) is 2.39. The maximum Gasteiger partial charge on any atom is 0.216 e. The predicted molar refractivity (Wildman–Crippen MR) is 97.6 cm³/mol. The molecule has 3 nitrogen and oxygen atoms in total. The van der Waals surface area contributed by atoms with Crippen LogP contribution in [0.3, 0.4) is 0 Å². The molecule has 0 amide bonds. The molecule has 0 saturated heterocycles. The molecule has 5 heteroatoms. The van der Waals surface area contributed by atoms with Gasteiger partial charge in [0.15, 0.2) is 0 Å². The van der Waals surface area contributed by atoms with Gasteiger partial charge in [0, 0.05) is 11.0 Å². The number of hydrogen-bond acceptors (Lipinski definition) is 2. The highest BCUT2D eigenvalue weighted by molar-refractivity contribution is 9.10. The third-order valence-corrected chi connectivity index (χ3v) is 5.41. The monoisotopic (exact) mass is 389 g/mol.